The van der Waals surface area contributed by atoms with Crippen molar-refractivity contribution in [2.75, 3.05) is 32.5 Å². The molecule has 1 heterocycles. The van der Waals surface area contributed by atoms with E-state index in [1.807, 2.05) is 0 Å². The second-order valence-electron chi connectivity index (χ2n) is 4.62. The van der Waals surface area contributed by atoms with Crippen LogP contribution in [0.5, 0.6) is 0 Å². The molecule has 0 fully saturated rings. The fourth-order valence-electron chi connectivity index (χ4n) is 2.16. The standard InChI is InChI=1S/C14H17N3O4/c1-21-8-6-16-11(18)5-7-17-13(19)9-3-2-4-10(15)12(9)14(17)20/h2-4H,5-8,15H2,1H3,(H,16,18). The Balaban J connectivity index is 1.98. The Morgan fingerprint density at radius 1 is 1.33 bits per heavy atom. The van der Waals surface area contributed by atoms with E-state index in [0.29, 0.717) is 18.7 Å². The van der Waals surface area contributed by atoms with E-state index in [1.54, 1.807) is 18.2 Å². The number of hydrogen-bond donors (Lipinski definition) is 2. The minimum Gasteiger partial charge on any atom is -0.398 e. The molecule has 3 N–H and O–H groups in total. The van der Waals surface area contributed by atoms with Gasteiger partial charge in [-0.15, -0.1) is 0 Å². The van der Waals surface area contributed by atoms with Crippen LogP contribution in [-0.2, 0) is 9.53 Å². The average Bonchev–Trinajstić information content (AvgIpc) is 2.70. The number of imide groups is 1. The number of anilines is 1. The maximum Gasteiger partial charge on any atom is 0.263 e. The third-order valence-corrected chi connectivity index (χ3v) is 3.22. The zero-order chi connectivity index (χ0) is 15.4. The molecule has 0 unspecified atom stereocenters. The third kappa shape index (κ3) is 3.03. The Kier molecular flexibility index (Phi) is 4.54. The number of rotatable bonds is 6. The first-order valence-electron chi connectivity index (χ1n) is 6.56. The van der Waals surface area contributed by atoms with E-state index in [0.717, 1.165) is 4.90 Å². The van der Waals surface area contributed by atoms with Crippen LogP contribution < -0.4 is 11.1 Å². The minimum atomic E-state index is -0.446. The predicted molar refractivity (Wildman–Crippen MR) is 75.7 cm³/mol. The van der Waals surface area contributed by atoms with Crippen LogP contribution in [0.25, 0.3) is 0 Å². The number of nitrogens with two attached hydrogens (primary N) is 1. The summed E-state index contributed by atoms with van der Waals surface area (Å²) >= 11 is 0. The van der Waals surface area contributed by atoms with Gasteiger partial charge in [0.25, 0.3) is 11.8 Å². The van der Waals surface area contributed by atoms with Crippen molar-refractivity contribution in [1.29, 1.82) is 0 Å². The Labute approximate surface area is 122 Å². The fraction of sp³-hybridized carbons (Fsp3) is 0.357. The molecule has 0 saturated heterocycles. The topological polar surface area (TPSA) is 102 Å². The SMILES string of the molecule is COCCNC(=O)CCN1C(=O)c2cccc(N)c2C1=O. The molecule has 7 heteroatoms. The van der Waals surface area contributed by atoms with E-state index in [1.165, 1.54) is 7.11 Å². The van der Waals surface area contributed by atoms with Crippen LogP contribution in [-0.4, -0.2) is 49.4 Å². The highest BCUT2D eigenvalue weighted by Crippen LogP contribution is 2.27. The molecule has 0 aliphatic carbocycles. The van der Waals surface area contributed by atoms with Crippen LogP contribution in [0.15, 0.2) is 18.2 Å². The number of nitrogen functional groups attached to an aromatic ring is 1. The Morgan fingerprint density at radius 3 is 2.76 bits per heavy atom. The van der Waals surface area contributed by atoms with Crippen LogP contribution >= 0.6 is 0 Å². The van der Waals surface area contributed by atoms with Gasteiger partial charge in [0, 0.05) is 32.3 Å². The van der Waals surface area contributed by atoms with Crippen molar-refractivity contribution in [2.24, 2.45) is 0 Å². The van der Waals surface area contributed by atoms with Gasteiger partial charge in [0.05, 0.1) is 17.7 Å². The van der Waals surface area contributed by atoms with Crippen LogP contribution in [0.2, 0.25) is 0 Å². The molecule has 1 aliphatic heterocycles. The van der Waals surface area contributed by atoms with Crippen LogP contribution in [0.1, 0.15) is 27.1 Å². The molecule has 0 aromatic heterocycles. The first kappa shape index (κ1) is 15.0. The van der Waals surface area contributed by atoms with E-state index < -0.39 is 11.8 Å². The summed E-state index contributed by atoms with van der Waals surface area (Å²) in [5, 5.41) is 2.63. The van der Waals surface area contributed by atoms with E-state index >= 15 is 0 Å². The number of amides is 3. The number of methoxy groups -OCH3 is 1. The number of carbonyl (C=O) groups is 3. The Hall–Kier alpha value is -2.41. The molecule has 2 rings (SSSR count). The van der Waals surface area contributed by atoms with Gasteiger partial charge in [0.1, 0.15) is 0 Å². The van der Waals surface area contributed by atoms with Crippen molar-refractivity contribution < 1.29 is 19.1 Å². The van der Waals surface area contributed by atoms with Crippen molar-refractivity contribution in [3.63, 3.8) is 0 Å². The zero-order valence-electron chi connectivity index (χ0n) is 11.7. The molecular weight excluding hydrogens is 274 g/mol. The monoisotopic (exact) mass is 291 g/mol. The van der Waals surface area contributed by atoms with Gasteiger partial charge in [-0.05, 0) is 12.1 Å². The van der Waals surface area contributed by atoms with E-state index in [4.69, 9.17) is 10.5 Å². The van der Waals surface area contributed by atoms with Crippen molar-refractivity contribution >= 4 is 23.4 Å². The highest BCUT2D eigenvalue weighted by Gasteiger charge is 2.36. The highest BCUT2D eigenvalue weighted by molar-refractivity contribution is 6.23. The molecule has 1 aromatic carbocycles. The summed E-state index contributed by atoms with van der Waals surface area (Å²) in [4.78, 5) is 36.9. The molecular formula is C14H17N3O4. The number of ether oxygens (including phenoxy) is 1. The minimum absolute atomic E-state index is 0.0323. The quantitative estimate of drug-likeness (QED) is 0.437. The second kappa shape index (κ2) is 6.36. The highest BCUT2D eigenvalue weighted by atomic mass is 16.5. The maximum absolute atomic E-state index is 12.2. The summed E-state index contributed by atoms with van der Waals surface area (Å²) in [6.07, 6.45) is 0.0507. The number of nitrogens with zero attached hydrogens (tertiary/aromatic N) is 1. The number of fused-ring (bicyclic) bond motifs is 1. The van der Waals surface area contributed by atoms with Gasteiger partial charge in [0.15, 0.2) is 0 Å². The number of carbonyl (C=O) groups excluding carboxylic acids is 3. The molecule has 7 nitrogen and oxygen atoms in total. The van der Waals surface area contributed by atoms with Gasteiger partial charge in [-0.25, -0.2) is 0 Å². The van der Waals surface area contributed by atoms with Crippen LogP contribution in [0.3, 0.4) is 0 Å². The smallest absolute Gasteiger partial charge is 0.263 e. The normalized spacial score (nSPS) is 13.5. The molecule has 0 spiro atoms. The molecule has 21 heavy (non-hydrogen) atoms. The summed E-state index contributed by atoms with van der Waals surface area (Å²) in [6, 6.07) is 4.76. The van der Waals surface area contributed by atoms with Gasteiger partial charge in [-0.1, -0.05) is 6.07 Å². The van der Waals surface area contributed by atoms with Crippen LogP contribution in [0, 0.1) is 0 Å². The Bertz CT molecular complexity index is 586. The van der Waals surface area contributed by atoms with Gasteiger partial charge < -0.3 is 15.8 Å². The Morgan fingerprint density at radius 2 is 2.10 bits per heavy atom. The van der Waals surface area contributed by atoms with Gasteiger partial charge in [-0.3, -0.25) is 19.3 Å². The lowest BCUT2D eigenvalue weighted by molar-refractivity contribution is -0.121. The predicted octanol–water partition coefficient (Wildman–Crippen LogP) is 0.0175. The number of benzene rings is 1. The number of hydrogen-bond acceptors (Lipinski definition) is 5. The van der Waals surface area contributed by atoms with E-state index in [-0.39, 0.29) is 30.1 Å². The maximum atomic E-state index is 12.2. The lowest BCUT2D eigenvalue weighted by Crippen LogP contribution is -2.35. The molecule has 1 aliphatic rings. The lowest BCUT2D eigenvalue weighted by atomic mass is 10.1. The molecule has 3 amide bonds. The molecule has 0 bridgehead atoms. The average molecular weight is 291 g/mol. The summed E-state index contributed by atoms with van der Waals surface area (Å²) in [5.41, 5.74) is 6.52. The van der Waals surface area contributed by atoms with Crippen molar-refractivity contribution in [1.82, 2.24) is 10.2 Å². The van der Waals surface area contributed by atoms with Gasteiger partial charge in [-0.2, -0.15) is 0 Å². The number of nitrogens with one attached hydrogen (secondary N) is 1. The largest absolute Gasteiger partial charge is 0.398 e. The summed E-state index contributed by atoms with van der Waals surface area (Å²) < 4.78 is 4.81. The van der Waals surface area contributed by atoms with E-state index in [2.05, 4.69) is 5.32 Å². The zero-order valence-corrected chi connectivity index (χ0v) is 11.7. The molecule has 1 aromatic rings. The van der Waals surface area contributed by atoms with Crippen molar-refractivity contribution in [2.45, 2.75) is 6.42 Å². The van der Waals surface area contributed by atoms with E-state index in [9.17, 15) is 14.4 Å². The lowest BCUT2D eigenvalue weighted by Gasteiger charge is -2.13. The summed E-state index contributed by atoms with van der Waals surface area (Å²) in [7, 11) is 1.54. The first-order valence-corrected chi connectivity index (χ1v) is 6.56. The first-order chi connectivity index (χ1) is 10.1. The summed E-state index contributed by atoms with van der Waals surface area (Å²) in [5.74, 6) is -1.10. The van der Waals surface area contributed by atoms with Gasteiger partial charge in [0.2, 0.25) is 5.91 Å². The van der Waals surface area contributed by atoms with Crippen molar-refractivity contribution in [3.05, 3.63) is 29.3 Å². The second-order valence-corrected chi connectivity index (χ2v) is 4.62. The fourth-order valence-corrected chi connectivity index (χ4v) is 2.16. The van der Waals surface area contributed by atoms with Crippen molar-refractivity contribution in [3.8, 4) is 0 Å². The molecule has 112 valence electrons. The molecule has 0 radical (unpaired) electrons. The molecule has 0 saturated carbocycles. The third-order valence-electron chi connectivity index (χ3n) is 3.22. The molecule has 0 atom stereocenters. The van der Waals surface area contributed by atoms with Gasteiger partial charge >= 0.3 is 0 Å². The summed E-state index contributed by atoms with van der Waals surface area (Å²) in [6.45, 7) is 0.838. The van der Waals surface area contributed by atoms with Crippen LogP contribution in [0.4, 0.5) is 5.69 Å².